The van der Waals surface area contributed by atoms with Crippen LogP contribution in [0.3, 0.4) is 0 Å². The molecule has 2 aliphatic heterocycles. The van der Waals surface area contributed by atoms with E-state index in [9.17, 15) is 5.11 Å². The van der Waals surface area contributed by atoms with E-state index in [-0.39, 0.29) is 12.5 Å². The van der Waals surface area contributed by atoms with Crippen LogP contribution in [-0.2, 0) is 6.54 Å². The van der Waals surface area contributed by atoms with Gasteiger partial charge in [0.15, 0.2) is 11.5 Å². The van der Waals surface area contributed by atoms with Gasteiger partial charge in [-0.2, -0.15) is 0 Å². The zero-order chi connectivity index (χ0) is 16.5. The van der Waals surface area contributed by atoms with E-state index >= 15 is 0 Å². The van der Waals surface area contributed by atoms with Crippen molar-refractivity contribution < 1.29 is 14.6 Å². The molecule has 1 fully saturated rings. The highest BCUT2D eigenvalue weighted by atomic mass is 16.7. The molecule has 126 valence electrons. The van der Waals surface area contributed by atoms with Crippen LogP contribution in [0.15, 0.2) is 36.4 Å². The Balaban J connectivity index is 1.40. The Bertz CT molecular complexity index is 739. The molecule has 0 amide bonds. The van der Waals surface area contributed by atoms with Crippen molar-refractivity contribution in [2.45, 2.75) is 13.5 Å². The minimum absolute atomic E-state index is 0.230. The van der Waals surface area contributed by atoms with Crippen LogP contribution in [0, 0.1) is 6.92 Å². The fourth-order valence-corrected chi connectivity index (χ4v) is 3.33. The summed E-state index contributed by atoms with van der Waals surface area (Å²) in [7, 11) is 0. The number of hydrogen-bond donors (Lipinski definition) is 1. The van der Waals surface area contributed by atoms with E-state index in [0.29, 0.717) is 5.75 Å². The Kier molecular flexibility index (Phi) is 3.94. The van der Waals surface area contributed by atoms with E-state index in [1.807, 2.05) is 6.07 Å². The lowest BCUT2D eigenvalue weighted by Gasteiger charge is -2.36. The van der Waals surface area contributed by atoms with Crippen LogP contribution >= 0.6 is 0 Å². The number of aryl methyl sites for hydroxylation is 1. The largest absolute Gasteiger partial charge is 0.507 e. The first-order chi connectivity index (χ1) is 11.7. The topological polar surface area (TPSA) is 45.2 Å². The van der Waals surface area contributed by atoms with Crippen LogP contribution in [0.25, 0.3) is 0 Å². The Morgan fingerprint density at radius 3 is 2.50 bits per heavy atom. The summed E-state index contributed by atoms with van der Waals surface area (Å²) in [6.07, 6.45) is 0. The molecule has 2 heterocycles. The summed E-state index contributed by atoms with van der Waals surface area (Å²) in [5.74, 6) is 1.63. The van der Waals surface area contributed by atoms with Gasteiger partial charge in [0.05, 0.1) is 0 Å². The molecular formula is C19H22N2O3. The molecule has 24 heavy (non-hydrogen) atoms. The van der Waals surface area contributed by atoms with Crippen molar-refractivity contribution in [3.05, 3.63) is 47.5 Å². The molecule has 5 nitrogen and oxygen atoms in total. The highest BCUT2D eigenvalue weighted by molar-refractivity contribution is 5.51. The number of phenols is 1. The summed E-state index contributed by atoms with van der Waals surface area (Å²) in [5, 5.41) is 10.2. The van der Waals surface area contributed by atoms with Gasteiger partial charge in [0.2, 0.25) is 6.79 Å². The van der Waals surface area contributed by atoms with Crippen molar-refractivity contribution in [3.8, 4) is 17.2 Å². The smallest absolute Gasteiger partial charge is 0.231 e. The summed E-state index contributed by atoms with van der Waals surface area (Å²) in [5.41, 5.74) is 3.48. The van der Waals surface area contributed by atoms with E-state index in [2.05, 4.69) is 41.0 Å². The lowest BCUT2D eigenvalue weighted by Crippen LogP contribution is -2.46. The maximum absolute atomic E-state index is 10.2. The molecule has 2 aliphatic rings. The van der Waals surface area contributed by atoms with Crippen molar-refractivity contribution in [1.82, 2.24) is 4.90 Å². The average Bonchev–Trinajstić information content (AvgIpc) is 3.03. The first-order valence-corrected chi connectivity index (χ1v) is 8.34. The molecule has 0 atom stereocenters. The molecule has 0 spiro atoms. The maximum Gasteiger partial charge on any atom is 0.231 e. The van der Waals surface area contributed by atoms with Crippen molar-refractivity contribution in [2.24, 2.45) is 0 Å². The number of phenolic OH excluding ortho intramolecular Hbond substituents is 1. The van der Waals surface area contributed by atoms with Gasteiger partial charge in [-0.3, -0.25) is 4.90 Å². The van der Waals surface area contributed by atoms with Gasteiger partial charge >= 0.3 is 0 Å². The lowest BCUT2D eigenvalue weighted by atomic mass is 10.1. The Morgan fingerprint density at radius 2 is 1.75 bits per heavy atom. The molecule has 4 rings (SSSR count). The van der Waals surface area contributed by atoms with Crippen LogP contribution in [0.4, 0.5) is 5.69 Å². The molecule has 0 unspecified atom stereocenters. The molecular weight excluding hydrogens is 304 g/mol. The summed E-state index contributed by atoms with van der Waals surface area (Å²) < 4.78 is 10.7. The fourth-order valence-electron chi connectivity index (χ4n) is 3.33. The quantitative estimate of drug-likeness (QED) is 0.940. The van der Waals surface area contributed by atoms with E-state index in [4.69, 9.17) is 9.47 Å². The molecule has 0 bridgehead atoms. The Morgan fingerprint density at radius 1 is 1.00 bits per heavy atom. The first-order valence-electron chi connectivity index (χ1n) is 8.34. The zero-order valence-electron chi connectivity index (χ0n) is 13.9. The Labute approximate surface area is 142 Å². The van der Waals surface area contributed by atoms with Crippen LogP contribution in [0.2, 0.25) is 0 Å². The minimum atomic E-state index is 0.230. The molecule has 2 aromatic rings. The average molecular weight is 326 g/mol. The van der Waals surface area contributed by atoms with Crippen molar-refractivity contribution >= 4 is 5.69 Å². The maximum atomic E-state index is 10.2. The summed E-state index contributed by atoms with van der Waals surface area (Å²) in [6.45, 7) is 7.02. The molecule has 1 N–H and O–H groups in total. The van der Waals surface area contributed by atoms with Crippen LogP contribution in [0.1, 0.15) is 11.1 Å². The third-order valence-electron chi connectivity index (χ3n) is 4.71. The number of rotatable bonds is 3. The highest BCUT2D eigenvalue weighted by Gasteiger charge is 2.21. The van der Waals surface area contributed by atoms with Gasteiger partial charge < -0.3 is 19.5 Å². The van der Waals surface area contributed by atoms with Gasteiger partial charge in [-0.25, -0.2) is 0 Å². The number of fused-ring (bicyclic) bond motifs is 1. The minimum Gasteiger partial charge on any atom is -0.507 e. The molecule has 0 aromatic heterocycles. The first kappa shape index (κ1) is 15.1. The van der Waals surface area contributed by atoms with Crippen LogP contribution in [-0.4, -0.2) is 43.0 Å². The van der Waals surface area contributed by atoms with Crippen molar-refractivity contribution in [2.75, 3.05) is 37.9 Å². The number of ether oxygens (including phenoxy) is 2. The second-order valence-electron chi connectivity index (χ2n) is 6.44. The zero-order valence-corrected chi connectivity index (χ0v) is 13.9. The van der Waals surface area contributed by atoms with Gasteiger partial charge in [0.1, 0.15) is 5.75 Å². The second kappa shape index (κ2) is 6.24. The fraction of sp³-hybridized carbons (Fsp3) is 0.368. The van der Waals surface area contributed by atoms with Crippen LogP contribution in [0.5, 0.6) is 17.2 Å². The number of benzene rings is 2. The number of piperazine rings is 1. The number of hydrogen-bond acceptors (Lipinski definition) is 5. The van der Waals surface area contributed by atoms with Crippen molar-refractivity contribution in [1.29, 1.82) is 0 Å². The van der Waals surface area contributed by atoms with E-state index < -0.39 is 0 Å². The van der Waals surface area contributed by atoms with Gasteiger partial charge in [0, 0.05) is 50.0 Å². The third-order valence-corrected chi connectivity index (χ3v) is 4.71. The van der Waals surface area contributed by atoms with E-state index in [1.165, 1.54) is 11.3 Å². The van der Waals surface area contributed by atoms with Gasteiger partial charge in [-0.15, -0.1) is 0 Å². The molecule has 5 heteroatoms. The third kappa shape index (κ3) is 2.99. The van der Waals surface area contributed by atoms with E-state index in [1.54, 1.807) is 6.07 Å². The molecule has 0 radical (unpaired) electrons. The number of anilines is 1. The monoisotopic (exact) mass is 326 g/mol. The van der Waals surface area contributed by atoms with Crippen LogP contribution < -0.4 is 14.4 Å². The van der Waals surface area contributed by atoms with Gasteiger partial charge in [0.25, 0.3) is 0 Å². The summed E-state index contributed by atoms with van der Waals surface area (Å²) >= 11 is 0. The molecule has 0 saturated carbocycles. The summed E-state index contributed by atoms with van der Waals surface area (Å²) in [6, 6.07) is 12.2. The predicted molar refractivity (Wildman–Crippen MR) is 92.9 cm³/mol. The highest BCUT2D eigenvalue weighted by Crippen LogP contribution is 2.38. The molecule has 0 aliphatic carbocycles. The Hall–Kier alpha value is -2.40. The molecule has 1 saturated heterocycles. The van der Waals surface area contributed by atoms with Gasteiger partial charge in [-0.05, 0) is 30.7 Å². The molecule has 2 aromatic carbocycles. The standard InChI is InChI=1S/C19H22N2O3/c1-14-3-2-4-16(9-14)21-7-5-20(6-8-21)12-15-10-18-19(11-17(15)22)24-13-23-18/h2-4,9-11,22H,5-8,12-13H2,1H3. The predicted octanol–water partition coefficient (Wildman–Crippen LogP) is 2.75. The second-order valence-corrected chi connectivity index (χ2v) is 6.44. The lowest BCUT2D eigenvalue weighted by molar-refractivity contribution is 0.173. The van der Waals surface area contributed by atoms with Crippen molar-refractivity contribution in [3.63, 3.8) is 0 Å². The van der Waals surface area contributed by atoms with Gasteiger partial charge in [-0.1, -0.05) is 12.1 Å². The normalized spacial score (nSPS) is 17.3. The SMILES string of the molecule is Cc1cccc(N2CCN(Cc3cc4c(cc3O)OCO4)CC2)c1. The number of aromatic hydroxyl groups is 1. The summed E-state index contributed by atoms with van der Waals surface area (Å²) in [4.78, 5) is 4.78. The van der Waals surface area contributed by atoms with E-state index in [0.717, 1.165) is 44.0 Å². The number of nitrogens with zero attached hydrogens (tertiary/aromatic N) is 2.